The van der Waals surface area contributed by atoms with E-state index in [4.69, 9.17) is 9.84 Å². The van der Waals surface area contributed by atoms with E-state index in [1.807, 2.05) is 0 Å². The zero-order valence-corrected chi connectivity index (χ0v) is 12.5. The SMILES string of the molecule is C=CCOC(=O)CNC(=O)[C@@H](CO)NC(=O)OC(C)(C)C. The van der Waals surface area contributed by atoms with Gasteiger partial charge in [-0.05, 0) is 20.8 Å². The maximum atomic E-state index is 11.7. The summed E-state index contributed by atoms with van der Waals surface area (Å²) in [6.45, 7) is 7.39. The van der Waals surface area contributed by atoms with Crippen molar-refractivity contribution in [1.29, 1.82) is 0 Å². The van der Waals surface area contributed by atoms with E-state index >= 15 is 0 Å². The van der Waals surface area contributed by atoms with Crippen LogP contribution in [0.5, 0.6) is 0 Å². The molecule has 21 heavy (non-hydrogen) atoms. The number of ether oxygens (including phenoxy) is 2. The number of aliphatic hydroxyl groups is 1. The zero-order chi connectivity index (χ0) is 16.5. The number of aliphatic hydroxyl groups excluding tert-OH is 1. The number of nitrogens with one attached hydrogen (secondary N) is 2. The van der Waals surface area contributed by atoms with Crippen LogP contribution in [0, 0.1) is 0 Å². The second-order valence-electron chi connectivity index (χ2n) is 5.07. The Morgan fingerprint density at radius 2 is 1.95 bits per heavy atom. The first kappa shape index (κ1) is 18.9. The highest BCUT2D eigenvalue weighted by Gasteiger charge is 2.24. The monoisotopic (exact) mass is 302 g/mol. The van der Waals surface area contributed by atoms with Crippen molar-refractivity contribution in [1.82, 2.24) is 10.6 Å². The number of alkyl carbamates (subject to hydrolysis) is 1. The van der Waals surface area contributed by atoms with Gasteiger partial charge >= 0.3 is 12.1 Å². The van der Waals surface area contributed by atoms with Crippen LogP contribution in [0.4, 0.5) is 4.79 Å². The van der Waals surface area contributed by atoms with E-state index in [0.717, 1.165) is 0 Å². The fourth-order valence-electron chi connectivity index (χ4n) is 1.13. The van der Waals surface area contributed by atoms with Gasteiger partial charge in [-0.25, -0.2) is 4.79 Å². The minimum Gasteiger partial charge on any atom is -0.460 e. The standard InChI is InChI=1S/C13H22N2O6/c1-5-6-20-10(17)7-14-11(18)9(8-16)15-12(19)21-13(2,3)4/h5,9,16H,1,6-8H2,2-4H3,(H,14,18)(H,15,19)/t9-/m1/s1. The summed E-state index contributed by atoms with van der Waals surface area (Å²) in [5, 5.41) is 13.5. The van der Waals surface area contributed by atoms with Crippen LogP contribution in [-0.4, -0.2) is 54.5 Å². The summed E-state index contributed by atoms with van der Waals surface area (Å²) in [5.41, 5.74) is -0.727. The van der Waals surface area contributed by atoms with Gasteiger partial charge < -0.3 is 25.2 Å². The van der Waals surface area contributed by atoms with Crippen molar-refractivity contribution in [3.63, 3.8) is 0 Å². The highest BCUT2D eigenvalue weighted by atomic mass is 16.6. The second-order valence-corrected chi connectivity index (χ2v) is 5.07. The van der Waals surface area contributed by atoms with Crippen LogP contribution in [-0.2, 0) is 19.1 Å². The molecule has 0 aliphatic heterocycles. The fraction of sp³-hybridized carbons (Fsp3) is 0.615. The molecule has 0 saturated carbocycles. The average molecular weight is 302 g/mol. The topological polar surface area (TPSA) is 114 Å². The molecule has 0 radical (unpaired) electrons. The van der Waals surface area contributed by atoms with E-state index in [9.17, 15) is 14.4 Å². The lowest BCUT2D eigenvalue weighted by atomic mass is 10.2. The van der Waals surface area contributed by atoms with Gasteiger partial charge in [0.25, 0.3) is 0 Å². The Morgan fingerprint density at radius 3 is 2.43 bits per heavy atom. The van der Waals surface area contributed by atoms with Crippen LogP contribution in [0.25, 0.3) is 0 Å². The minimum absolute atomic E-state index is 0.0360. The smallest absolute Gasteiger partial charge is 0.408 e. The van der Waals surface area contributed by atoms with Crippen molar-refractivity contribution < 1.29 is 29.0 Å². The van der Waals surface area contributed by atoms with Gasteiger partial charge in [0.05, 0.1) is 6.61 Å². The quantitative estimate of drug-likeness (QED) is 0.440. The predicted molar refractivity (Wildman–Crippen MR) is 74.4 cm³/mol. The van der Waals surface area contributed by atoms with Crippen molar-refractivity contribution in [3.05, 3.63) is 12.7 Å². The molecular formula is C13H22N2O6. The summed E-state index contributed by atoms with van der Waals surface area (Å²) >= 11 is 0. The van der Waals surface area contributed by atoms with Gasteiger partial charge in [0.2, 0.25) is 5.91 Å². The highest BCUT2D eigenvalue weighted by Crippen LogP contribution is 2.06. The van der Waals surface area contributed by atoms with Crippen LogP contribution in [0.1, 0.15) is 20.8 Å². The molecule has 0 heterocycles. The summed E-state index contributed by atoms with van der Waals surface area (Å²) in [5.74, 6) is -1.38. The molecule has 2 amide bonds. The molecule has 8 heteroatoms. The number of esters is 1. The first-order chi connectivity index (χ1) is 9.69. The third-order valence-electron chi connectivity index (χ3n) is 1.96. The normalized spacial score (nSPS) is 12.0. The van der Waals surface area contributed by atoms with Gasteiger partial charge in [-0.3, -0.25) is 9.59 Å². The van der Waals surface area contributed by atoms with E-state index < -0.39 is 36.2 Å². The lowest BCUT2D eigenvalue weighted by Crippen LogP contribution is -2.51. The number of carbonyl (C=O) groups is 3. The third-order valence-corrected chi connectivity index (χ3v) is 1.96. The Labute approximate surface area is 123 Å². The molecule has 0 aromatic heterocycles. The second kappa shape index (κ2) is 8.96. The fourth-order valence-corrected chi connectivity index (χ4v) is 1.13. The van der Waals surface area contributed by atoms with E-state index in [1.165, 1.54) is 6.08 Å². The third kappa shape index (κ3) is 9.44. The summed E-state index contributed by atoms with van der Waals surface area (Å²) in [6, 6.07) is -1.22. The van der Waals surface area contributed by atoms with Gasteiger partial charge in [0, 0.05) is 0 Å². The van der Waals surface area contributed by atoms with Crippen LogP contribution in [0.15, 0.2) is 12.7 Å². The van der Waals surface area contributed by atoms with Crippen molar-refractivity contribution in [2.75, 3.05) is 19.8 Å². The molecule has 1 atom stereocenters. The molecule has 0 fully saturated rings. The van der Waals surface area contributed by atoms with Crippen molar-refractivity contribution in [2.45, 2.75) is 32.4 Å². The van der Waals surface area contributed by atoms with Gasteiger partial charge in [0.1, 0.15) is 24.8 Å². The molecule has 0 saturated heterocycles. The largest absolute Gasteiger partial charge is 0.460 e. The van der Waals surface area contributed by atoms with E-state index in [1.54, 1.807) is 20.8 Å². The Balaban J connectivity index is 4.27. The van der Waals surface area contributed by atoms with Crippen molar-refractivity contribution in [3.8, 4) is 0 Å². The number of amides is 2. The molecule has 0 aliphatic carbocycles. The molecule has 0 bridgehead atoms. The Morgan fingerprint density at radius 1 is 1.33 bits per heavy atom. The lowest BCUT2D eigenvalue weighted by Gasteiger charge is -2.22. The van der Waals surface area contributed by atoms with Crippen molar-refractivity contribution >= 4 is 18.0 Å². The van der Waals surface area contributed by atoms with Gasteiger partial charge in [0.15, 0.2) is 0 Å². The molecule has 0 rings (SSSR count). The molecule has 120 valence electrons. The Hall–Kier alpha value is -2.09. The van der Waals surface area contributed by atoms with Gasteiger partial charge in [-0.15, -0.1) is 0 Å². The molecule has 0 unspecified atom stereocenters. The number of hydrogen-bond donors (Lipinski definition) is 3. The minimum atomic E-state index is -1.22. The summed E-state index contributed by atoms with van der Waals surface area (Å²) in [4.78, 5) is 34.3. The zero-order valence-electron chi connectivity index (χ0n) is 12.5. The summed E-state index contributed by atoms with van der Waals surface area (Å²) < 4.78 is 9.61. The predicted octanol–water partition coefficient (Wildman–Crippen LogP) is -0.283. The van der Waals surface area contributed by atoms with Crippen LogP contribution < -0.4 is 10.6 Å². The molecule has 8 nitrogen and oxygen atoms in total. The molecule has 3 N–H and O–H groups in total. The number of hydrogen-bond acceptors (Lipinski definition) is 6. The molecule has 0 spiro atoms. The summed E-state index contributed by atoms with van der Waals surface area (Å²) in [7, 11) is 0. The first-order valence-electron chi connectivity index (χ1n) is 6.34. The van der Waals surface area contributed by atoms with Crippen LogP contribution in [0.2, 0.25) is 0 Å². The van der Waals surface area contributed by atoms with Crippen LogP contribution >= 0.6 is 0 Å². The first-order valence-corrected chi connectivity index (χ1v) is 6.34. The Kier molecular flexibility index (Phi) is 8.07. The van der Waals surface area contributed by atoms with E-state index in [2.05, 4.69) is 21.9 Å². The van der Waals surface area contributed by atoms with Crippen molar-refractivity contribution in [2.24, 2.45) is 0 Å². The van der Waals surface area contributed by atoms with Crippen LogP contribution in [0.3, 0.4) is 0 Å². The molecular weight excluding hydrogens is 280 g/mol. The average Bonchev–Trinajstić information content (AvgIpc) is 2.37. The Bertz CT molecular complexity index is 389. The van der Waals surface area contributed by atoms with E-state index in [-0.39, 0.29) is 13.2 Å². The molecule has 0 aliphatic rings. The van der Waals surface area contributed by atoms with E-state index in [0.29, 0.717) is 0 Å². The van der Waals surface area contributed by atoms with Gasteiger partial charge in [-0.1, -0.05) is 12.7 Å². The number of carbonyl (C=O) groups excluding carboxylic acids is 3. The lowest BCUT2D eigenvalue weighted by molar-refractivity contribution is -0.143. The molecule has 0 aromatic carbocycles. The number of rotatable bonds is 7. The van der Waals surface area contributed by atoms with Gasteiger partial charge in [-0.2, -0.15) is 0 Å². The molecule has 0 aromatic rings. The highest BCUT2D eigenvalue weighted by molar-refractivity contribution is 5.88. The summed E-state index contributed by atoms with van der Waals surface area (Å²) in [6.07, 6.45) is 0.547. The maximum Gasteiger partial charge on any atom is 0.408 e. The maximum absolute atomic E-state index is 11.7.